The topological polar surface area (TPSA) is 63.3 Å². The maximum Gasteiger partial charge on any atom is 0.220 e. The highest BCUT2D eigenvalue weighted by atomic mass is 35.5. The molecular weight excluding hydrogens is 322 g/mol. The third-order valence-corrected chi connectivity index (χ3v) is 7.31. The van der Waals surface area contributed by atoms with Crippen LogP contribution in [-0.2, 0) is 4.79 Å². The van der Waals surface area contributed by atoms with Crippen molar-refractivity contribution in [2.24, 2.45) is 29.4 Å². The average molecular weight is 348 g/mol. The molecule has 4 saturated carbocycles. The normalized spacial score (nSPS) is 42.7. The van der Waals surface area contributed by atoms with Gasteiger partial charge in [0.05, 0.1) is 5.60 Å². The van der Waals surface area contributed by atoms with E-state index in [1.54, 1.807) is 0 Å². The largest absolute Gasteiger partial charge is 0.389 e. The second kappa shape index (κ2) is 5.47. The summed E-state index contributed by atoms with van der Waals surface area (Å²) in [5.74, 6) is 0.328. The summed E-state index contributed by atoms with van der Waals surface area (Å²) in [5, 5.41) is 11.6. The van der Waals surface area contributed by atoms with Gasteiger partial charge in [0, 0.05) is 16.7 Å². The highest BCUT2D eigenvalue weighted by Gasteiger charge is 2.63. The predicted octanol–water partition coefficient (Wildman–Crippen LogP) is 3.44. The number of primary amides is 1. The number of carbonyl (C=O) groups excluding carboxylic acids is 1. The van der Waals surface area contributed by atoms with E-state index in [9.17, 15) is 9.90 Å². The minimum atomic E-state index is -0.768. The summed E-state index contributed by atoms with van der Waals surface area (Å²) in [6, 6.07) is 10.1. The van der Waals surface area contributed by atoms with Crippen LogP contribution in [0.5, 0.6) is 0 Å². The lowest BCUT2D eigenvalue weighted by atomic mass is 9.46. The first-order valence-electron chi connectivity index (χ1n) is 9.07. The van der Waals surface area contributed by atoms with Crippen LogP contribution in [0.25, 0.3) is 0 Å². The van der Waals surface area contributed by atoms with Gasteiger partial charge in [-0.25, -0.2) is 0 Å². The standard InChI is InChI=1S/C20H26ClNO2/c1-12(18(22)23)16(14-5-3-2-4-6-14)17-15-7-13-8-19(21,10-15)11-20(17,24)9-13/h2-6,12-13,15-17,24H,7-11H2,1H3,(H2,22,23)/t12?,13-,15+,16-,17-,19+,20+/m1/s1. The fraction of sp³-hybridized carbons (Fsp3) is 0.650. The van der Waals surface area contributed by atoms with Gasteiger partial charge in [0.15, 0.2) is 0 Å². The molecule has 4 aliphatic rings. The number of benzene rings is 1. The summed E-state index contributed by atoms with van der Waals surface area (Å²) in [5.41, 5.74) is 6.03. The van der Waals surface area contributed by atoms with E-state index in [0.717, 1.165) is 31.2 Å². The van der Waals surface area contributed by atoms with Gasteiger partial charge in [-0.3, -0.25) is 4.79 Å². The van der Waals surface area contributed by atoms with Crippen molar-refractivity contribution in [3.05, 3.63) is 35.9 Å². The summed E-state index contributed by atoms with van der Waals surface area (Å²) in [4.78, 5) is 11.8. The van der Waals surface area contributed by atoms with E-state index in [1.165, 1.54) is 0 Å². The van der Waals surface area contributed by atoms with Crippen LogP contribution in [-0.4, -0.2) is 21.5 Å². The van der Waals surface area contributed by atoms with Crippen molar-refractivity contribution in [1.82, 2.24) is 0 Å². The molecule has 7 atom stereocenters. The van der Waals surface area contributed by atoms with Gasteiger partial charge in [-0.05, 0) is 55.4 Å². The van der Waals surface area contributed by atoms with Crippen molar-refractivity contribution in [2.45, 2.75) is 55.4 Å². The van der Waals surface area contributed by atoms with Crippen molar-refractivity contribution in [3.63, 3.8) is 0 Å². The van der Waals surface area contributed by atoms with E-state index >= 15 is 0 Å². The number of rotatable bonds is 4. The molecule has 0 heterocycles. The molecule has 130 valence electrons. The molecule has 0 aromatic heterocycles. The van der Waals surface area contributed by atoms with Gasteiger partial charge >= 0.3 is 0 Å². The van der Waals surface area contributed by atoms with Crippen molar-refractivity contribution in [3.8, 4) is 0 Å². The van der Waals surface area contributed by atoms with E-state index in [2.05, 4.69) is 12.1 Å². The van der Waals surface area contributed by atoms with E-state index in [4.69, 9.17) is 17.3 Å². The van der Waals surface area contributed by atoms with E-state index in [1.807, 2.05) is 25.1 Å². The Morgan fingerprint density at radius 3 is 2.58 bits per heavy atom. The van der Waals surface area contributed by atoms with E-state index < -0.39 is 5.60 Å². The number of aliphatic hydroxyl groups is 1. The first-order chi connectivity index (χ1) is 11.3. The first-order valence-corrected chi connectivity index (χ1v) is 9.45. The van der Waals surface area contributed by atoms with Crippen LogP contribution in [0, 0.1) is 23.7 Å². The van der Waals surface area contributed by atoms with Crippen molar-refractivity contribution in [1.29, 1.82) is 0 Å². The van der Waals surface area contributed by atoms with Gasteiger partial charge in [-0.15, -0.1) is 11.6 Å². The number of hydrogen-bond donors (Lipinski definition) is 2. The first kappa shape index (κ1) is 16.4. The van der Waals surface area contributed by atoms with Gasteiger partial charge in [-0.1, -0.05) is 37.3 Å². The maximum atomic E-state index is 12.0. The fourth-order valence-corrected chi connectivity index (χ4v) is 6.99. The zero-order valence-electron chi connectivity index (χ0n) is 14.1. The van der Waals surface area contributed by atoms with Gasteiger partial charge in [0.1, 0.15) is 0 Å². The SMILES string of the molecule is CC(C(N)=O)[C@H](c1ccccc1)[C@H]1[C@H]2C[C@@H]3C[C@](Cl)(C2)C[C@@]1(O)C3. The summed E-state index contributed by atoms with van der Waals surface area (Å²) in [6.07, 6.45) is 4.57. The summed E-state index contributed by atoms with van der Waals surface area (Å²) < 4.78 is 0. The Morgan fingerprint density at radius 1 is 1.29 bits per heavy atom. The molecule has 4 heteroatoms. The molecule has 1 aromatic rings. The average Bonchev–Trinajstić information content (AvgIpc) is 2.49. The Kier molecular flexibility index (Phi) is 3.74. The summed E-state index contributed by atoms with van der Waals surface area (Å²) >= 11 is 6.83. The zero-order valence-corrected chi connectivity index (χ0v) is 14.9. The number of carbonyl (C=O) groups is 1. The second-order valence-corrected chi connectivity index (χ2v) is 9.36. The van der Waals surface area contributed by atoms with Gasteiger partial charge < -0.3 is 10.8 Å². The van der Waals surface area contributed by atoms with Crippen molar-refractivity contribution < 1.29 is 9.90 Å². The Balaban J connectivity index is 1.77. The van der Waals surface area contributed by atoms with Crippen LogP contribution in [0.1, 0.15) is 50.5 Å². The molecule has 4 bridgehead atoms. The lowest BCUT2D eigenvalue weighted by Gasteiger charge is -2.63. The lowest BCUT2D eigenvalue weighted by molar-refractivity contribution is -0.176. The van der Waals surface area contributed by atoms with Crippen molar-refractivity contribution in [2.75, 3.05) is 0 Å². The Bertz CT molecular complexity index is 650. The minimum Gasteiger partial charge on any atom is -0.389 e. The molecule has 0 spiro atoms. The molecule has 0 saturated heterocycles. The number of halogens is 1. The molecule has 5 rings (SSSR count). The maximum absolute atomic E-state index is 12.0. The minimum absolute atomic E-state index is 0.0426. The summed E-state index contributed by atoms with van der Waals surface area (Å²) in [6.45, 7) is 1.91. The van der Waals surface area contributed by atoms with Crippen LogP contribution in [0.15, 0.2) is 30.3 Å². The molecule has 1 aromatic carbocycles. The third kappa shape index (κ3) is 2.48. The molecule has 0 radical (unpaired) electrons. The third-order valence-electron chi connectivity index (χ3n) is 6.87. The molecular formula is C20H26ClNO2. The predicted molar refractivity (Wildman–Crippen MR) is 94.6 cm³/mol. The monoisotopic (exact) mass is 347 g/mol. The summed E-state index contributed by atoms with van der Waals surface area (Å²) in [7, 11) is 0. The highest BCUT2D eigenvalue weighted by Crippen LogP contribution is 2.65. The quantitative estimate of drug-likeness (QED) is 0.819. The fourth-order valence-electron chi connectivity index (χ4n) is 6.34. The molecule has 4 fully saturated rings. The second-order valence-electron chi connectivity index (χ2n) is 8.56. The van der Waals surface area contributed by atoms with Gasteiger partial charge in [0.25, 0.3) is 0 Å². The molecule has 3 N–H and O–H groups in total. The Labute approximate surface area is 148 Å². The Hall–Kier alpha value is -1.06. The molecule has 3 nitrogen and oxygen atoms in total. The molecule has 1 amide bonds. The highest BCUT2D eigenvalue weighted by molar-refractivity contribution is 6.24. The van der Waals surface area contributed by atoms with Gasteiger partial charge in [-0.2, -0.15) is 0 Å². The Morgan fingerprint density at radius 2 is 2.00 bits per heavy atom. The van der Waals surface area contributed by atoms with Gasteiger partial charge in [0.2, 0.25) is 5.91 Å². The number of amides is 1. The van der Waals surface area contributed by atoms with Crippen LogP contribution < -0.4 is 5.73 Å². The molecule has 24 heavy (non-hydrogen) atoms. The zero-order chi connectivity index (χ0) is 17.1. The van der Waals surface area contributed by atoms with Crippen molar-refractivity contribution >= 4 is 17.5 Å². The van der Waals surface area contributed by atoms with E-state index in [0.29, 0.717) is 18.3 Å². The molecule has 0 aliphatic heterocycles. The lowest BCUT2D eigenvalue weighted by Crippen LogP contribution is -2.64. The van der Waals surface area contributed by atoms with E-state index in [-0.39, 0.29) is 28.5 Å². The van der Waals surface area contributed by atoms with Crippen LogP contribution in [0.3, 0.4) is 0 Å². The number of alkyl halides is 1. The van der Waals surface area contributed by atoms with Crippen LogP contribution >= 0.6 is 11.6 Å². The molecule has 4 aliphatic carbocycles. The number of nitrogens with two attached hydrogens (primary N) is 1. The number of hydrogen-bond acceptors (Lipinski definition) is 2. The smallest absolute Gasteiger partial charge is 0.220 e. The molecule has 1 unspecified atom stereocenters. The van der Waals surface area contributed by atoms with Crippen LogP contribution in [0.2, 0.25) is 0 Å². The van der Waals surface area contributed by atoms with Crippen LogP contribution in [0.4, 0.5) is 0 Å².